The van der Waals surface area contributed by atoms with E-state index in [-0.39, 0.29) is 0 Å². The van der Waals surface area contributed by atoms with Crippen LogP contribution >= 0.6 is 0 Å². The summed E-state index contributed by atoms with van der Waals surface area (Å²) in [4.78, 5) is 0. The number of rotatable bonds is 4. The molecule has 1 saturated carbocycles. The highest BCUT2D eigenvalue weighted by Crippen LogP contribution is 2.67. The quantitative estimate of drug-likeness (QED) is 0.794. The third-order valence-corrected chi connectivity index (χ3v) is 5.31. The minimum Gasteiger partial charge on any atom is -0.377 e. The van der Waals surface area contributed by atoms with Gasteiger partial charge in [0.1, 0.15) is 0 Å². The molecule has 94 valence electrons. The molecule has 1 aliphatic heterocycles. The van der Waals surface area contributed by atoms with Crippen LogP contribution in [0, 0.1) is 16.7 Å². The lowest BCUT2D eigenvalue weighted by Crippen LogP contribution is -2.33. The van der Waals surface area contributed by atoms with Crippen LogP contribution in [0.15, 0.2) is 0 Å². The largest absolute Gasteiger partial charge is 0.377 e. The van der Waals surface area contributed by atoms with Gasteiger partial charge in [0, 0.05) is 13.2 Å². The van der Waals surface area contributed by atoms with Crippen LogP contribution in [-0.4, -0.2) is 25.8 Å². The van der Waals surface area contributed by atoms with Crippen molar-refractivity contribution < 1.29 is 4.74 Å². The highest BCUT2D eigenvalue weighted by Gasteiger charge is 2.63. The second kappa shape index (κ2) is 4.30. The predicted octanol–water partition coefficient (Wildman–Crippen LogP) is 2.83. The minimum absolute atomic E-state index is 0.471. The second-order valence-electron chi connectivity index (χ2n) is 6.64. The first-order valence-electron chi connectivity index (χ1n) is 6.78. The summed E-state index contributed by atoms with van der Waals surface area (Å²) in [6.45, 7) is 12.7. The normalized spacial score (nSPS) is 32.6. The van der Waals surface area contributed by atoms with Gasteiger partial charge in [0.05, 0.1) is 6.10 Å². The van der Waals surface area contributed by atoms with Gasteiger partial charge in [0.25, 0.3) is 0 Å². The van der Waals surface area contributed by atoms with Crippen molar-refractivity contribution in [1.82, 2.24) is 5.32 Å². The van der Waals surface area contributed by atoms with Gasteiger partial charge < -0.3 is 10.1 Å². The Kier molecular flexibility index (Phi) is 3.33. The summed E-state index contributed by atoms with van der Waals surface area (Å²) in [7, 11) is 0. The summed E-state index contributed by atoms with van der Waals surface area (Å²) in [5.74, 6) is 0.823. The summed E-state index contributed by atoms with van der Waals surface area (Å²) < 4.78 is 5.72. The van der Waals surface area contributed by atoms with Crippen LogP contribution in [0.3, 0.4) is 0 Å². The molecule has 0 bridgehead atoms. The minimum atomic E-state index is 0.471. The third kappa shape index (κ3) is 2.14. The molecule has 0 radical (unpaired) electrons. The molecule has 0 aromatic rings. The lowest BCUT2D eigenvalue weighted by molar-refractivity contribution is 0.0167. The maximum atomic E-state index is 5.72. The summed E-state index contributed by atoms with van der Waals surface area (Å²) >= 11 is 0. The standard InChI is InChI=1S/C14H27NO/c1-13(2)12(14(13,3)4)10-15-9-11-7-5-6-8-16-11/h11-12,15H,5-10H2,1-4H3. The van der Waals surface area contributed by atoms with Crippen molar-refractivity contribution >= 4 is 0 Å². The Morgan fingerprint density at radius 1 is 1.06 bits per heavy atom. The Balaban J connectivity index is 1.66. The Morgan fingerprint density at radius 2 is 1.75 bits per heavy atom. The van der Waals surface area contributed by atoms with Gasteiger partial charge in [-0.25, -0.2) is 0 Å². The molecule has 1 atom stereocenters. The van der Waals surface area contributed by atoms with Crippen molar-refractivity contribution in [3.8, 4) is 0 Å². The smallest absolute Gasteiger partial charge is 0.0699 e. The molecular weight excluding hydrogens is 198 g/mol. The van der Waals surface area contributed by atoms with E-state index < -0.39 is 0 Å². The summed E-state index contributed by atoms with van der Waals surface area (Å²) in [6.07, 6.45) is 4.30. The molecule has 1 heterocycles. The van der Waals surface area contributed by atoms with E-state index in [1.54, 1.807) is 0 Å². The molecule has 0 aromatic carbocycles. The number of hydrogen-bond donors (Lipinski definition) is 1. The molecule has 0 aromatic heterocycles. The highest BCUT2D eigenvalue weighted by atomic mass is 16.5. The van der Waals surface area contributed by atoms with Crippen molar-refractivity contribution in [1.29, 1.82) is 0 Å². The fourth-order valence-corrected chi connectivity index (χ4v) is 3.20. The molecule has 2 heteroatoms. The fraction of sp³-hybridized carbons (Fsp3) is 1.00. The van der Waals surface area contributed by atoms with E-state index in [2.05, 4.69) is 33.0 Å². The Morgan fingerprint density at radius 3 is 2.25 bits per heavy atom. The summed E-state index contributed by atoms with van der Waals surface area (Å²) in [5.41, 5.74) is 1.01. The van der Waals surface area contributed by atoms with E-state index in [0.717, 1.165) is 25.6 Å². The molecule has 1 unspecified atom stereocenters. The molecule has 1 N–H and O–H groups in total. The van der Waals surface area contributed by atoms with Crippen molar-refractivity contribution in [2.45, 2.75) is 53.1 Å². The average molecular weight is 225 g/mol. The van der Waals surface area contributed by atoms with Crippen molar-refractivity contribution in [2.75, 3.05) is 19.7 Å². The number of nitrogens with one attached hydrogen (secondary N) is 1. The third-order valence-electron chi connectivity index (χ3n) is 5.31. The van der Waals surface area contributed by atoms with Gasteiger partial charge in [-0.2, -0.15) is 0 Å². The topological polar surface area (TPSA) is 21.3 Å². The zero-order valence-electron chi connectivity index (χ0n) is 11.3. The van der Waals surface area contributed by atoms with Crippen LogP contribution in [0.5, 0.6) is 0 Å². The molecule has 2 rings (SSSR count). The van der Waals surface area contributed by atoms with Gasteiger partial charge in [-0.05, 0) is 42.6 Å². The van der Waals surface area contributed by atoms with Gasteiger partial charge in [-0.1, -0.05) is 27.7 Å². The molecule has 0 amide bonds. The van der Waals surface area contributed by atoms with Crippen LogP contribution < -0.4 is 5.32 Å². The first-order valence-corrected chi connectivity index (χ1v) is 6.78. The molecular formula is C14H27NO. The van der Waals surface area contributed by atoms with Gasteiger partial charge >= 0.3 is 0 Å². The van der Waals surface area contributed by atoms with Crippen LogP contribution in [-0.2, 0) is 4.74 Å². The van der Waals surface area contributed by atoms with Gasteiger partial charge in [0.15, 0.2) is 0 Å². The Hall–Kier alpha value is -0.0800. The van der Waals surface area contributed by atoms with Crippen LogP contribution in [0.2, 0.25) is 0 Å². The number of hydrogen-bond acceptors (Lipinski definition) is 2. The van der Waals surface area contributed by atoms with Gasteiger partial charge in [0.2, 0.25) is 0 Å². The first kappa shape index (κ1) is 12.4. The van der Waals surface area contributed by atoms with Crippen molar-refractivity contribution in [3.05, 3.63) is 0 Å². The summed E-state index contributed by atoms with van der Waals surface area (Å²) in [5, 5.41) is 3.60. The maximum Gasteiger partial charge on any atom is 0.0699 e. The zero-order chi connectivity index (χ0) is 11.8. The van der Waals surface area contributed by atoms with E-state index in [1.807, 2.05) is 0 Å². The van der Waals surface area contributed by atoms with Gasteiger partial charge in [-0.3, -0.25) is 0 Å². The molecule has 0 spiro atoms. The lowest BCUT2D eigenvalue weighted by atomic mass is 10.0. The fourth-order valence-electron chi connectivity index (χ4n) is 3.20. The van der Waals surface area contributed by atoms with E-state index in [0.29, 0.717) is 16.9 Å². The van der Waals surface area contributed by atoms with E-state index in [1.165, 1.54) is 19.3 Å². The van der Waals surface area contributed by atoms with E-state index in [4.69, 9.17) is 4.74 Å². The lowest BCUT2D eigenvalue weighted by Gasteiger charge is -2.23. The zero-order valence-corrected chi connectivity index (χ0v) is 11.3. The van der Waals surface area contributed by atoms with Gasteiger partial charge in [-0.15, -0.1) is 0 Å². The second-order valence-corrected chi connectivity index (χ2v) is 6.64. The van der Waals surface area contributed by atoms with Crippen molar-refractivity contribution in [2.24, 2.45) is 16.7 Å². The highest BCUT2D eigenvalue weighted by molar-refractivity contribution is 5.12. The number of ether oxygens (including phenoxy) is 1. The monoisotopic (exact) mass is 225 g/mol. The van der Waals surface area contributed by atoms with E-state index in [9.17, 15) is 0 Å². The Labute approximate surface area is 100 Å². The van der Waals surface area contributed by atoms with Crippen LogP contribution in [0.25, 0.3) is 0 Å². The Bertz CT molecular complexity index is 227. The van der Waals surface area contributed by atoms with Crippen molar-refractivity contribution in [3.63, 3.8) is 0 Å². The SMILES string of the molecule is CC1(C)C(CNCC2CCCCO2)C1(C)C. The van der Waals surface area contributed by atoms with Crippen LogP contribution in [0.4, 0.5) is 0 Å². The molecule has 2 fully saturated rings. The molecule has 16 heavy (non-hydrogen) atoms. The molecule has 2 aliphatic rings. The predicted molar refractivity (Wildman–Crippen MR) is 67.5 cm³/mol. The molecule has 1 saturated heterocycles. The van der Waals surface area contributed by atoms with E-state index >= 15 is 0 Å². The molecule has 1 aliphatic carbocycles. The average Bonchev–Trinajstić information content (AvgIpc) is 2.62. The summed E-state index contributed by atoms with van der Waals surface area (Å²) in [6, 6.07) is 0. The van der Waals surface area contributed by atoms with Crippen LogP contribution in [0.1, 0.15) is 47.0 Å². The first-order chi connectivity index (χ1) is 7.46. The molecule has 2 nitrogen and oxygen atoms in total. The maximum absolute atomic E-state index is 5.72.